The number of halogens is 1. The number of nitrogens with one attached hydrogen (secondary N) is 1. The van der Waals surface area contributed by atoms with E-state index in [4.69, 9.17) is 14.3 Å². The highest BCUT2D eigenvalue weighted by Crippen LogP contribution is 2.27. The van der Waals surface area contributed by atoms with Crippen LogP contribution in [0.3, 0.4) is 0 Å². The van der Waals surface area contributed by atoms with Gasteiger partial charge in [-0.05, 0) is 36.2 Å². The van der Waals surface area contributed by atoms with Crippen LogP contribution in [0.15, 0.2) is 45.6 Å². The van der Waals surface area contributed by atoms with Gasteiger partial charge in [0.15, 0.2) is 17.0 Å². The van der Waals surface area contributed by atoms with Crippen molar-refractivity contribution in [2.24, 2.45) is 5.14 Å². The van der Waals surface area contributed by atoms with Crippen LogP contribution < -0.4 is 20.2 Å². The second-order valence-corrected chi connectivity index (χ2v) is 7.57. The molecule has 0 saturated carbocycles. The maximum absolute atomic E-state index is 14.7. The minimum atomic E-state index is -1.93. The van der Waals surface area contributed by atoms with E-state index in [2.05, 4.69) is 4.72 Å². The maximum atomic E-state index is 14.7. The average molecular weight is 464 g/mol. The van der Waals surface area contributed by atoms with Gasteiger partial charge in [-0.1, -0.05) is 26.0 Å². The smallest absolute Gasteiger partial charge is 0.414 e. The van der Waals surface area contributed by atoms with Crippen LogP contribution in [0.5, 0.6) is 5.75 Å². The number of hydrogen-bond donors (Lipinski definition) is 2. The fourth-order valence-electron chi connectivity index (χ4n) is 2.93. The van der Waals surface area contributed by atoms with E-state index in [9.17, 15) is 18.2 Å². The van der Waals surface area contributed by atoms with Gasteiger partial charge in [-0.15, -0.1) is 0 Å². The molecule has 0 aliphatic rings. The summed E-state index contributed by atoms with van der Waals surface area (Å²) in [4.78, 5) is 25.6. The van der Waals surface area contributed by atoms with Crippen molar-refractivity contribution in [3.63, 3.8) is 0 Å². The fraction of sp³-hybridized carbons (Fsp3) is 0.273. The highest BCUT2D eigenvalue weighted by atomic mass is 32.2. The Morgan fingerprint density at radius 3 is 2.56 bits per heavy atom. The molecule has 32 heavy (non-hydrogen) atoms. The molecule has 0 aliphatic heterocycles. The zero-order chi connectivity index (χ0) is 24.0. The number of nitrogens with zero attached hydrogens (tertiary/aromatic N) is 1. The SMILES string of the molecule is CC.Cc1c(Cc2cccc(NS(N)=O)c2F)c(=O)oc2cc(OC(=O)N(C)C)ccc12. The number of nitrogens with two attached hydrogens (primary N) is 1. The Balaban J connectivity index is 0.00000176. The average Bonchev–Trinajstić information content (AvgIpc) is 2.74. The molecule has 10 heteroatoms. The number of amides is 1. The van der Waals surface area contributed by atoms with E-state index < -0.39 is 28.7 Å². The van der Waals surface area contributed by atoms with Crippen LogP contribution in [0.4, 0.5) is 14.9 Å². The normalized spacial score (nSPS) is 11.3. The Morgan fingerprint density at radius 2 is 1.94 bits per heavy atom. The zero-order valence-electron chi connectivity index (χ0n) is 18.5. The Hall–Kier alpha value is -3.24. The quantitative estimate of drug-likeness (QED) is 0.558. The molecule has 0 spiro atoms. The van der Waals surface area contributed by atoms with E-state index in [1.165, 1.54) is 23.1 Å². The van der Waals surface area contributed by atoms with Crippen molar-refractivity contribution in [2.75, 3.05) is 18.8 Å². The number of carbonyl (C=O) groups excluding carboxylic acids is 1. The van der Waals surface area contributed by atoms with Crippen molar-refractivity contribution in [1.29, 1.82) is 0 Å². The lowest BCUT2D eigenvalue weighted by molar-refractivity contribution is 0.172. The van der Waals surface area contributed by atoms with Crippen LogP contribution in [0.2, 0.25) is 0 Å². The number of carbonyl (C=O) groups is 1. The van der Waals surface area contributed by atoms with E-state index in [0.717, 1.165) is 0 Å². The first-order valence-corrected chi connectivity index (χ1v) is 11.0. The molecule has 2 aromatic carbocycles. The van der Waals surface area contributed by atoms with Crippen molar-refractivity contribution < 1.29 is 22.5 Å². The second-order valence-electron chi connectivity index (χ2n) is 6.77. The third-order valence-electron chi connectivity index (χ3n) is 4.49. The number of hydrogen-bond acceptors (Lipinski definition) is 5. The van der Waals surface area contributed by atoms with Gasteiger partial charge in [-0.3, -0.25) is 4.72 Å². The largest absolute Gasteiger partial charge is 0.422 e. The summed E-state index contributed by atoms with van der Waals surface area (Å²) in [5.74, 6) is -0.419. The molecule has 0 fully saturated rings. The van der Waals surface area contributed by atoms with Crippen LogP contribution in [0, 0.1) is 12.7 Å². The van der Waals surface area contributed by atoms with Crippen molar-refractivity contribution in [3.8, 4) is 5.75 Å². The molecule has 8 nitrogen and oxygen atoms in total. The number of ether oxygens (including phenoxy) is 1. The van der Waals surface area contributed by atoms with Crippen molar-refractivity contribution >= 4 is 33.9 Å². The van der Waals surface area contributed by atoms with Crippen LogP contribution in [-0.2, 0) is 17.6 Å². The number of rotatable bonds is 5. The summed E-state index contributed by atoms with van der Waals surface area (Å²) >= 11 is -1.93. The summed E-state index contributed by atoms with van der Waals surface area (Å²) in [5.41, 5.74) is 0.716. The van der Waals surface area contributed by atoms with E-state index >= 15 is 0 Å². The zero-order valence-corrected chi connectivity index (χ0v) is 19.3. The van der Waals surface area contributed by atoms with E-state index in [1.54, 1.807) is 39.2 Å². The summed E-state index contributed by atoms with van der Waals surface area (Å²) in [6, 6.07) is 9.19. The van der Waals surface area contributed by atoms with Gasteiger partial charge in [0.25, 0.3) is 0 Å². The van der Waals surface area contributed by atoms with Gasteiger partial charge in [-0.2, -0.15) is 0 Å². The Morgan fingerprint density at radius 1 is 1.25 bits per heavy atom. The summed E-state index contributed by atoms with van der Waals surface area (Å²) in [6.07, 6.45) is -0.590. The predicted octanol–water partition coefficient (Wildman–Crippen LogP) is 3.87. The van der Waals surface area contributed by atoms with Gasteiger partial charge in [0.1, 0.15) is 11.3 Å². The summed E-state index contributed by atoms with van der Waals surface area (Å²) in [7, 11) is 3.10. The lowest BCUT2D eigenvalue weighted by atomic mass is 9.99. The molecule has 3 N–H and O–H groups in total. The molecule has 1 unspecified atom stereocenters. The molecule has 172 valence electrons. The van der Waals surface area contributed by atoms with Gasteiger partial charge >= 0.3 is 11.7 Å². The topological polar surface area (TPSA) is 115 Å². The van der Waals surface area contributed by atoms with Crippen LogP contribution in [-0.4, -0.2) is 29.3 Å². The van der Waals surface area contributed by atoms with Crippen molar-refractivity contribution in [3.05, 3.63) is 69.3 Å². The molecular weight excluding hydrogens is 437 g/mol. The number of aryl methyl sites for hydroxylation is 1. The predicted molar refractivity (Wildman–Crippen MR) is 123 cm³/mol. The number of benzene rings is 2. The highest BCUT2D eigenvalue weighted by Gasteiger charge is 2.17. The van der Waals surface area contributed by atoms with Crippen LogP contribution >= 0.6 is 0 Å². The lowest BCUT2D eigenvalue weighted by Gasteiger charge is -2.13. The van der Waals surface area contributed by atoms with Gasteiger partial charge in [0.2, 0.25) is 0 Å². The first kappa shape index (κ1) is 25.0. The molecule has 0 aliphatic carbocycles. The monoisotopic (exact) mass is 463 g/mol. The fourth-order valence-corrected chi connectivity index (χ4v) is 3.30. The van der Waals surface area contributed by atoms with E-state index in [-0.39, 0.29) is 34.6 Å². The molecule has 1 heterocycles. The molecule has 0 bridgehead atoms. The lowest BCUT2D eigenvalue weighted by Crippen LogP contribution is -2.25. The van der Waals surface area contributed by atoms with Crippen molar-refractivity contribution in [2.45, 2.75) is 27.2 Å². The molecule has 1 amide bonds. The minimum absolute atomic E-state index is 0.0245. The second kappa shape index (κ2) is 10.9. The molecule has 0 saturated heterocycles. The minimum Gasteiger partial charge on any atom is -0.422 e. The number of anilines is 1. The Kier molecular flexibility index (Phi) is 8.50. The first-order valence-electron chi connectivity index (χ1n) is 9.83. The summed E-state index contributed by atoms with van der Waals surface area (Å²) < 4.78 is 38.7. The first-order chi connectivity index (χ1) is 15.2. The molecule has 3 aromatic rings. The van der Waals surface area contributed by atoms with E-state index in [0.29, 0.717) is 10.9 Å². The molecule has 1 aromatic heterocycles. The van der Waals surface area contributed by atoms with Gasteiger partial charge in [0.05, 0.1) is 5.69 Å². The molecule has 1 atom stereocenters. The van der Waals surface area contributed by atoms with E-state index in [1.807, 2.05) is 13.8 Å². The van der Waals surface area contributed by atoms with Gasteiger partial charge < -0.3 is 14.1 Å². The Labute approximate surface area is 187 Å². The molecule has 3 rings (SSSR count). The third kappa shape index (κ3) is 5.71. The third-order valence-corrected chi connectivity index (χ3v) is 4.91. The Bertz CT molecular complexity index is 1210. The van der Waals surface area contributed by atoms with Gasteiger partial charge in [-0.25, -0.2) is 23.3 Å². The molecular formula is C22H26FN3O5S. The van der Waals surface area contributed by atoms with Crippen molar-refractivity contribution in [1.82, 2.24) is 4.90 Å². The summed E-state index contributed by atoms with van der Waals surface area (Å²) in [6.45, 7) is 5.73. The molecule has 0 radical (unpaired) electrons. The van der Waals surface area contributed by atoms with Gasteiger partial charge in [0, 0.05) is 37.5 Å². The highest BCUT2D eigenvalue weighted by molar-refractivity contribution is 7.84. The van der Waals surface area contributed by atoms with Crippen LogP contribution in [0.25, 0.3) is 11.0 Å². The van der Waals surface area contributed by atoms with Crippen LogP contribution in [0.1, 0.15) is 30.5 Å². The standard InChI is InChI=1S/C20H20FN3O5S.C2H6/c1-11-14-8-7-13(28-20(26)24(2)3)10-17(14)29-19(25)15(11)9-12-5-4-6-16(18(12)21)23-30(22)27;1-2/h4-8,10,23H,9,22H2,1-3H3;1-2H3. The number of fused-ring (bicyclic) bond motifs is 1. The summed E-state index contributed by atoms with van der Waals surface area (Å²) in [5, 5.41) is 5.79. The maximum Gasteiger partial charge on any atom is 0.414 e.